The Morgan fingerprint density at radius 1 is 1.39 bits per heavy atom. The van der Waals surface area contributed by atoms with E-state index >= 15 is 0 Å². The molecule has 1 aromatic heterocycles. The molecule has 18 heavy (non-hydrogen) atoms. The van der Waals surface area contributed by atoms with E-state index in [1.807, 2.05) is 24.4 Å². The smallest absolute Gasteiger partial charge is 0.0950 e. The second-order valence-corrected chi connectivity index (χ2v) is 5.43. The molecule has 0 saturated carbocycles. The average molecular weight is 242 g/mol. The van der Waals surface area contributed by atoms with Crippen molar-refractivity contribution in [1.82, 2.24) is 10.2 Å². The zero-order chi connectivity index (χ0) is 12.6. The van der Waals surface area contributed by atoms with Crippen LogP contribution in [-0.2, 0) is 0 Å². The summed E-state index contributed by atoms with van der Waals surface area (Å²) in [5.74, 6) is 0. The van der Waals surface area contributed by atoms with Gasteiger partial charge in [-0.2, -0.15) is 10.2 Å². The van der Waals surface area contributed by atoms with Gasteiger partial charge in [-0.15, -0.1) is 0 Å². The molecular formula is C14H18N4. The lowest BCUT2D eigenvalue weighted by Gasteiger charge is -2.24. The number of rotatable bonds is 2. The van der Waals surface area contributed by atoms with Gasteiger partial charge in [0.05, 0.1) is 17.4 Å². The highest BCUT2D eigenvalue weighted by Gasteiger charge is 2.33. The highest BCUT2D eigenvalue weighted by Crippen LogP contribution is 2.34. The molecule has 94 valence electrons. The SMILES string of the molecule is CC1(CN)CCN(c2cnnc3ccccc23)C1. The van der Waals surface area contributed by atoms with E-state index in [9.17, 15) is 0 Å². The van der Waals surface area contributed by atoms with Crippen molar-refractivity contribution in [3.63, 3.8) is 0 Å². The highest BCUT2D eigenvalue weighted by atomic mass is 15.2. The minimum absolute atomic E-state index is 0.227. The Kier molecular flexibility index (Phi) is 2.67. The number of nitrogens with zero attached hydrogens (tertiary/aromatic N) is 3. The number of fused-ring (bicyclic) bond motifs is 1. The molecule has 1 aromatic carbocycles. The molecule has 2 N–H and O–H groups in total. The van der Waals surface area contributed by atoms with Crippen LogP contribution in [0.3, 0.4) is 0 Å². The maximum atomic E-state index is 5.87. The second kappa shape index (κ2) is 4.21. The first-order chi connectivity index (χ1) is 8.72. The normalized spacial score (nSPS) is 23.8. The van der Waals surface area contributed by atoms with Gasteiger partial charge >= 0.3 is 0 Å². The van der Waals surface area contributed by atoms with Crippen molar-refractivity contribution in [3.05, 3.63) is 30.5 Å². The third kappa shape index (κ3) is 1.82. The summed E-state index contributed by atoms with van der Waals surface area (Å²) < 4.78 is 0. The number of aromatic nitrogens is 2. The fourth-order valence-corrected chi connectivity index (χ4v) is 2.64. The Bertz CT molecular complexity index is 563. The van der Waals surface area contributed by atoms with Crippen LogP contribution in [0.25, 0.3) is 10.9 Å². The third-order valence-corrected chi connectivity index (χ3v) is 3.92. The van der Waals surface area contributed by atoms with Gasteiger partial charge in [0.1, 0.15) is 0 Å². The summed E-state index contributed by atoms with van der Waals surface area (Å²) in [5, 5.41) is 9.45. The van der Waals surface area contributed by atoms with Gasteiger partial charge in [-0.3, -0.25) is 0 Å². The molecule has 0 aliphatic carbocycles. The van der Waals surface area contributed by atoms with Crippen LogP contribution in [0, 0.1) is 5.41 Å². The average Bonchev–Trinajstić information content (AvgIpc) is 2.81. The first-order valence-corrected chi connectivity index (χ1v) is 6.37. The van der Waals surface area contributed by atoms with E-state index in [2.05, 4.69) is 28.1 Å². The highest BCUT2D eigenvalue weighted by molar-refractivity contribution is 5.90. The summed E-state index contributed by atoms with van der Waals surface area (Å²) in [5.41, 5.74) is 8.23. The van der Waals surface area contributed by atoms with E-state index in [4.69, 9.17) is 5.73 Å². The van der Waals surface area contributed by atoms with E-state index in [0.29, 0.717) is 0 Å². The standard InChI is InChI=1S/C14H18N4/c1-14(9-15)6-7-18(10-14)13-8-16-17-12-5-3-2-4-11(12)13/h2-5,8H,6-7,9-10,15H2,1H3. The first kappa shape index (κ1) is 11.4. The number of anilines is 1. The summed E-state index contributed by atoms with van der Waals surface area (Å²) in [7, 11) is 0. The molecule has 0 amide bonds. The maximum absolute atomic E-state index is 5.87. The number of nitrogens with two attached hydrogens (primary N) is 1. The molecule has 0 bridgehead atoms. The first-order valence-electron chi connectivity index (χ1n) is 6.37. The van der Waals surface area contributed by atoms with E-state index in [1.54, 1.807) is 0 Å². The minimum atomic E-state index is 0.227. The fourth-order valence-electron chi connectivity index (χ4n) is 2.64. The predicted molar refractivity (Wildman–Crippen MR) is 73.5 cm³/mol. The van der Waals surface area contributed by atoms with Crippen molar-refractivity contribution in [3.8, 4) is 0 Å². The van der Waals surface area contributed by atoms with Gasteiger partial charge in [-0.25, -0.2) is 0 Å². The van der Waals surface area contributed by atoms with E-state index in [0.717, 1.165) is 31.6 Å². The molecule has 1 fully saturated rings. The van der Waals surface area contributed by atoms with Crippen LogP contribution in [0.5, 0.6) is 0 Å². The van der Waals surface area contributed by atoms with Gasteiger partial charge in [-0.1, -0.05) is 25.1 Å². The number of benzene rings is 1. The molecule has 1 unspecified atom stereocenters. The summed E-state index contributed by atoms with van der Waals surface area (Å²) in [4.78, 5) is 2.38. The van der Waals surface area contributed by atoms with Gasteiger partial charge in [0.15, 0.2) is 0 Å². The van der Waals surface area contributed by atoms with Crippen molar-refractivity contribution in [2.75, 3.05) is 24.5 Å². The topological polar surface area (TPSA) is 55.0 Å². The van der Waals surface area contributed by atoms with Gasteiger partial charge < -0.3 is 10.6 Å². The Labute approximate surface area is 107 Å². The molecule has 3 rings (SSSR count). The molecule has 4 heteroatoms. The number of hydrogen-bond acceptors (Lipinski definition) is 4. The molecule has 0 spiro atoms. The Morgan fingerprint density at radius 3 is 3.00 bits per heavy atom. The van der Waals surface area contributed by atoms with Gasteiger partial charge in [0, 0.05) is 18.5 Å². The van der Waals surface area contributed by atoms with Gasteiger partial charge in [0.25, 0.3) is 0 Å². The molecule has 1 atom stereocenters. The second-order valence-electron chi connectivity index (χ2n) is 5.43. The fraction of sp³-hybridized carbons (Fsp3) is 0.429. The summed E-state index contributed by atoms with van der Waals surface area (Å²) >= 11 is 0. The zero-order valence-corrected chi connectivity index (χ0v) is 10.6. The predicted octanol–water partition coefficient (Wildman–Crippen LogP) is 1.80. The lowest BCUT2D eigenvalue weighted by molar-refractivity contribution is 0.383. The van der Waals surface area contributed by atoms with Crippen LogP contribution in [0.1, 0.15) is 13.3 Å². The van der Waals surface area contributed by atoms with Crippen molar-refractivity contribution >= 4 is 16.6 Å². The molecule has 1 aliphatic heterocycles. The molecule has 0 radical (unpaired) electrons. The lowest BCUT2D eigenvalue weighted by atomic mass is 9.90. The van der Waals surface area contributed by atoms with Crippen molar-refractivity contribution in [2.24, 2.45) is 11.1 Å². The van der Waals surface area contributed by atoms with Crippen LogP contribution >= 0.6 is 0 Å². The Balaban J connectivity index is 2.01. The minimum Gasteiger partial charge on any atom is -0.369 e. The van der Waals surface area contributed by atoms with Gasteiger partial charge in [0.2, 0.25) is 0 Å². The summed E-state index contributed by atoms with van der Waals surface area (Å²) in [6.45, 7) is 5.03. The summed E-state index contributed by atoms with van der Waals surface area (Å²) in [6.07, 6.45) is 3.00. The van der Waals surface area contributed by atoms with Gasteiger partial charge in [-0.05, 0) is 24.4 Å². The molecule has 2 heterocycles. The largest absolute Gasteiger partial charge is 0.369 e. The van der Waals surface area contributed by atoms with Crippen molar-refractivity contribution < 1.29 is 0 Å². The van der Waals surface area contributed by atoms with Crippen LogP contribution in [0.4, 0.5) is 5.69 Å². The van der Waals surface area contributed by atoms with Crippen LogP contribution in [-0.4, -0.2) is 29.8 Å². The van der Waals surface area contributed by atoms with Crippen molar-refractivity contribution in [1.29, 1.82) is 0 Å². The maximum Gasteiger partial charge on any atom is 0.0950 e. The Morgan fingerprint density at radius 2 is 2.22 bits per heavy atom. The zero-order valence-electron chi connectivity index (χ0n) is 10.6. The van der Waals surface area contributed by atoms with Crippen LogP contribution in [0.2, 0.25) is 0 Å². The lowest BCUT2D eigenvalue weighted by Crippen LogP contribution is -2.31. The third-order valence-electron chi connectivity index (χ3n) is 3.92. The van der Waals surface area contributed by atoms with Crippen LogP contribution in [0.15, 0.2) is 30.5 Å². The number of hydrogen-bond donors (Lipinski definition) is 1. The molecule has 1 aliphatic rings. The molecule has 1 saturated heterocycles. The monoisotopic (exact) mass is 242 g/mol. The van der Waals surface area contributed by atoms with E-state index < -0.39 is 0 Å². The summed E-state index contributed by atoms with van der Waals surface area (Å²) in [6, 6.07) is 8.15. The van der Waals surface area contributed by atoms with E-state index in [1.165, 1.54) is 11.1 Å². The van der Waals surface area contributed by atoms with E-state index in [-0.39, 0.29) is 5.41 Å². The molecule has 2 aromatic rings. The van der Waals surface area contributed by atoms with Crippen molar-refractivity contribution in [2.45, 2.75) is 13.3 Å². The quantitative estimate of drug-likeness (QED) is 0.872. The van der Waals surface area contributed by atoms with Crippen LogP contribution < -0.4 is 10.6 Å². The molecular weight excluding hydrogens is 224 g/mol. The molecule has 4 nitrogen and oxygen atoms in total. The Hall–Kier alpha value is -1.68.